The summed E-state index contributed by atoms with van der Waals surface area (Å²) in [4.78, 5) is 21.9. The third kappa shape index (κ3) is 4.45. The lowest BCUT2D eigenvalue weighted by atomic mass is 10.0. The Morgan fingerprint density at radius 2 is 1.97 bits per heavy atom. The topological polar surface area (TPSA) is 80.1 Å². The van der Waals surface area contributed by atoms with E-state index in [-0.39, 0.29) is 18.5 Å². The fraction of sp³-hybridized carbons (Fsp3) is 0.619. The van der Waals surface area contributed by atoms with E-state index < -0.39 is 6.10 Å². The molecule has 0 bridgehead atoms. The Kier molecular flexibility index (Phi) is 6.44. The van der Waals surface area contributed by atoms with E-state index in [9.17, 15) is 9.90 Å². The van der Waals surface area contributed by atoms with Crippen LogP contribution >= 0.6 is 0 Å². The number of aliphatic hydroxyl groups excluding tert-OH is 1. The van der Waals surface area contributed by atoms with E-state index in [1.165, 1.54) is 0 Å². The number of imidazole rings is 1. The van der Waals surface area contributed by atoms with Crippen molar-refractivity contribution in [2.75, 3.05) is 46.5 Å². The van der Waals surface area contributed by atoms with Gasteiger partial charge in [-0.25, -0.2) is 4.98 Å². The molecule has 0 aliphatic carbocycles. The van der Waals surface area contributed by atoms with Crippen molar-refractivity contribution in [3.05, 3.63) is 30.1 Å². The van der Waals surface area contributed by atoms with Crippen LogP contribution in [0.5, 0.6) is 0 Å². The second-order valence-corrected chi connectivity index (χ2v) is 7.78. The number of para-hydroxylation sites is 2. The Labute approximate surface area is 171 Å². The number of nitrogens with zero attached hydrogens (tertiary/aromatic N) is 4. The number of carbonyl (C=O) groups excluding carboxylic acids is 1. The van der Waals surface area contributed by atoms with Gasteiger partial charge in [0, 0.05) is 39.3 Å². The van der Waals surface area contributed by atoms with Gasteiger partial charge >= 0.3 is 0 Å². The van der Waals surface area contributed by atoms with Crippen LogP contribution in [0.15, 0.2) is 24.3 Å². The lowest BCUT2D eigenvalue weighted by molar-refractivity contribution is -0.131. The number of morpholine rings is 1. The first kappa shape index (κ1) is 20.3. The van der Waals surface area contributed by atoms with Gasteiger partial charge in [0.15, 0.2) is 0 Å². The molecule has 1 aromatic carbocycles. The summed E-state index contributed by atoms with van der Waals surface area (Å²) in [5.74, 6) is 0.809. The van der Waals surface area contributed by atoms with Gasteiger partial charge in [-0.3, -0.25) is 9.69 Å². The molecule has 3 heterocycles. The van der Waals surface area contributed by atoms with Crippen LogP contribution in [0.3, 0.4) is 0 Å². The first-order valence-corrected chi connectivity index (χ1v) is 10.4. The smallest absolute Gasteiger partial charge is 0.242 e. The predicted molar refractivity (Wildman–Crippen MR) is 108 cm³/mol. The molecular weight excluding hydrogens is 372 g/mol. The molecule has 2 saturated heterocycles. The van der Waals surface area contributed by atoms with Crippen molar-refractivity contribution in [1.82, 2.24) is 19.4 Å². The highest BCUT2D eigenvalue weighted by molar-refractivity contribution is 5.81. The van der Waals surface area contributed by atoms with Crippen molar-refractivity contribution in [3.63, 3.8) is 0 Å². The Bertz CT molecular complexity index is 833. The Morgan fingerprint density at radius 1 is 1.21 bits per heavy atom. The van der Waals surface area contributed by atoms with Gasteiger partial charge in [-0.15, -0.1) is 0 Å². The first-order valence-electron chi connectivity index (χ1n) is 10.4. The van der Waals surface area contributed by atoms with Crippen LogP contribution in [0.1, 0.15) is 18.7 Å². The van der Waals surface area contributed by atoms with Crippen LogP contribution < -0.4 is 0 Å². The van der Waals surface area contributed by atoms with Crippen molar-refractivity contribution in [2.24, 2.45) is 0 Å². The second-order valence-electron chi connectivity index (χ2n) is 7.78. The van der Waals surface area contributed by atoms with Gasteiger partial charge in [-0.05, 0) is 25.0 Å². The molecule has 8 nitrogen and oxygen atoms in total. The van der Waals surface area contributed by atoms with Crippen molar-refractivity contribution < 1.29 is 19.4 Å². The number of fused-ring (bicyclic) bond motifs is 1. The van der Waals surface area contributed by atoms with E-state index in [1.807, 2.05) is 33.7 Å². The number of ether oxygens (including phenoxy) is 2. The molecule has 0 spiro atoms. The molecule has 1 amide bonds. The number of carbonyl (C=O) groups is 1. The molecule has 0 unspecified atom stereocenters. The zero-order valence-electron chi connectivity index (χ0n) is 17.0. The van der Waals surface area contributed by atoms with Crippen molar-refractivity contribution >= 4 is 16.9 Å². The highest BCUT2D eigenvalue weighted by Crippen LogP contribution is 2.21. The summed E-state index contributed by atoms with van der Waals surface area (Å²) >= 11 is 0. The van der Waals surface area contributed by atoms with Gasteiger partial charge in [-0.1, -0.05) is 12.1 Å². The number of aliphatic hydroxyl groups is 1. The summed E-state index contributed by atoms with van der Waals surface area (Å²) in [6.45, 7) is 4.94. The molecule has 0 radical (unpaired) electrons. The number of aromatic nitrogens is 2. The number of amides is 1. The largest absolute Gasteiger partial charge is 0.391 e. The molecule has 2 aromatic rings. The minimum Gasteiger partial charge on any atom is -0.391 e. The molecule has 1 aromatic heterocycles. The molecule has 2 aliphatic rings. The minimum absolute atomic E-state index is 0.0559. The lowest BCUT2D eigenvalue weighted by Crippen LogP contribution is -2.49. The average molecular weight is 402 g/mol. The van der Waals surface area contributed by atoms with E-state index in [2.05, 4.69) is 9.88 Å². The highest BCUT2D eigenvalue weighted by Gasteiger charge is 2.32. The fourth-order valence-corrected chi connectivity index (χ4v) is 4.43. The van der Waals surface area contributed by atoms with Crippen molar-refractivity contribution in [3.8, 4) is 0 Å². The van der Waals surface area contributed by atoms with Gasteiger partial charge < -0.3 is 24.0 Å². The molecule has 2 fully saturated rings. The van der Waals surface area contributed by atoms with Gasteiger partial charge in [0.25, 0.3) is 0 Å². The zero-order chi connectivity index (χ0) is 20.2. The van der Waals surface area contributed by atoms with Crippen LogP contribution in [0, 0.1) is 0 Å². The van der Waals surface area contributed by atoms with Crippen molar-refractivity contribution in [1.29, 1.82) is 0 Å². The Balaban J connectivity index is 1.46. The molecule has 29 heavy (non-hydrogen) atoms. The summed E-state index contributed by atoms with van der Waals surface area (Å²) in [5, 5.41) is 10.7. The van der Waals surface area contributed by atoms with Gasteiger partial charge in [0.05, 0.1) is 30.4 Å². The number of likely N-dealkylation sites (tertiary alicyclic amines) is 1. The number of rotatable bonds is 5. The summed E-state index contributed by atoms with van der Waals surface area (Å²) in [6, 6.07) is 7.92. The second kappa shape index (κ2) is 9.21. The van der Waals surface area contributed by atoms with Crippen LogP contribution in [0.25, 0.3) is 11.0 Å². The Morgan fingerprint density at radius 3 is 2.76 bits per heavy atom. The fourth-order valence-electron chi connectivity index (χ4n) is 4.43. The summed E-state index contributed by atoms with van der Waals surface area (Å²) in [6.07, 6.45) is 0.968. The molecular formula is C21H30N4O4. The lowest BCUT2D eigenvalue weighted by Gasteiger charge is -2.36. The molecule has 8 heteroatoms. The monoisotopic (exact) mass is 402 g/mol. The third-order valence-corrected chi connectivity index (χ3v) is 6.00. The number of benzene rings is 1. The van der Waals surface area contributed by atoms with E-state index in [1.54, 1.807) is 7.11 Å². The molecule has 0 saturated carbocycles. The van der Waals surface area contributed by atoms with Crippen LogP contribution in [-0.2, 0) is 27.4 Å². The Hall–Kier alpha value is -2.00. The summed E-state index contributed by atoms with van der Waals surface area (Å²) in [7, 11) is 1.63. The van der Waals surface area contributed by atoms with Gasteiger partial charge in [0.1, 0.15) is 19.0 Å². The van der Waals surface area contributed by atoms with E-state index in [0.717, 1.165) is 36.4 Å². The molecule has 158 valence electrons. The normalized spacial score (nSPS) is 24.0. The highest BCUT2D eigenvalue weighted by atomic mass is 16.5. The summed E-state index contributed by atoms with van der Waals surface area (Å²) in [5.41, 5.74) is 1.81. The van der Waals surface area contributed by atoms with Crippen LogP contribution in [0.4, 0.5) is 0 Å². The van der Waals surface area contributed by atoms with E-state index in [0.29, 0.717) is 39.3 Å². The predicted octanol–water partition coefficient (Wildman–Crippen LogP) is 0.867. The maximum absolute atomic E-state index is 13.1. The van der Waals surface area contributed by atoms with E-state index >= 15 is 0 Å². The number of hydrogen-bond acceptors (Lipinski definition) is 6. The van der Waals surface area contributed by atoms with Crippen LogP contribution in [-0.4, -0.2) is 89.0 Å². The van der Waals surface area contributed by atoms with Crippen molar-refractivity contribution in [2.45, 2.75) is 38.1 Å². The minimum atomic E-state index is -0.413. The molecule has 2 atom stereocenters. The average Bonchev–Trinajstić information content (AvgIpc) is 2.95. The molecule has 1 N–H and O–H groups in total. The third-order valence-electron chi connectivity index (χ3n) is 6.00. The quantitative estimate of drug-likeness (QED) is 0.799. The SMILES string of the molecule is COCc1nc2ccccc2n1CC(=O)N1CC[C@H](O)[C@@H](N2CCOCC2)CC1. The number of hydrogen-bond donors (Lipinski definition) is 1. The van der Waals surface area contributed by atoms with Crippen LogP contribution in [0.2, 0.25) is 0 Å². The van der Waals surface area contributed by atoms with Gasteiger partial charge in [-0.2, -0.15) is 0 Å². The molecule has 4 rings (SSSR count). The van der Waals surface area contributed by atoms with E-state index in [4.69, 9.17) is 9.47 Å². The summed E-state index contributed by atoms with van der Waals surface area (Å²) < 4.78 is 12.7. The maximum Gasteiger partial charge on any atom is 0.242 e. The first-order chi connectivity index (χ1) is 14.2. The van der Waals surface area contributed by atoms with Gasteiger partial charge in [0.2, 0.25) is 5.91 Å². The zero-order valence-corrected chi connectivity index (χ0v) is 17.0. The maximum atomic E-state index is 13.1. The number of methoxy groups -OCH3 is 1. The standard InChI is InChI=1S/C21H30N4O4/c1-28-15-20-22-16-4-2-3-5-17(16)25(20)14-21(27)24-8-6-18(19(26)7-9-24)23-10-12-29-13-11-23/h2-5,18-19,26H,6-15H2,1H3/t18-,19-/m0/s1. The molecule has 2 aliphatic heterocycles.